The molecule has 0 saturated heterocycles. The monoisotopic (exact) mass is 793 g/mol. The molecular weight excluding hydrogens is 749 g/mol. The number of hydrogen-bond acceptors (Lipinski definition) is 3. The van der Waals surface area contributed by atoms with E-state index >= 15 is 0 Å². The minimum atomic E-state index is -0.426. The second-order valence-corrected chi connectivity index (χ2v) is 17.1. The Bertz CT molecular complexity index is 3220. The number of anilines is 6. The molecule has 0 saturated carbocycles. The van der Waals surface area contributed by atoms with Gasteiger partial charge in [-0.25, -0.2) is 0 Å². The second-order valence-electron chi connectivity index (χ2n) is 17.1. The maximum Gasteiger partial charge on any atom is 0.252 e. The fraction of sp³-hybridized carbons (Fsp3) is 0.0862. The van der Waals surface area contributed by atoms with Gasteiger partial charge >= 0.3 is 0 Å². The summed E-state index contributed by atoms with van der Waals surface area (Å²) in [5, 5.41) is 0. The first-order chi connectivity index (χ1) is 30.5. The van der Waals surface area contributed by atoms with Gasteiger partial charge in [-0.2, -0.15) is 0 Å². The summed E-state index contributed by atoms with van der Waals surface area (Å²) in [4.78, 5) is 10.1. The van der Waals surface area contributed by atoms with Gasteiger partial charge in [0.05, 0.1) is 17.1 Å². The Labute approximate surface area is 364 Å². The van der Waals surface area contributed by atoms with E-state index in [4.69, 9.17) is 4.98 Å². The third-order valence-electron chi connectivity index (χ3n) is 13.8. The Morgan fingerprint density at radius 2 is 1.03 bits per heavy atom. The van der Waals surface area contributed by atoms with Crippen LogP contribution in [0.15, 0.2) is 200 Å². The van der Waals surface area contributed by atoms with Crippen molar-refractivity contribution >= 4 is 57.2 Å². The average molecular weight is 794 g/mol. The molecule has 0 aliphatic carbocycles. The zero-order valence-electron chi connectivity index (χ0n) is 35.2. The molecule has 0 N–H and O–H groups in total. The Balaban J connectivity index is 1.19. The van der Waals surface area contributed by atoms with Crippen molar-refractivity contribution < 1.29 is 0 Å². The number of aryl methyl sites for hydroxylation is 2. The van der Waals surface area contributed by atoms with Crippen LogP contribution in [0.4, 0.5) is 34.1 Å². The molecule has 9 aromatic rings. The average Bonchev–Trinajstić information content (AvgIpc) is 3.33. The third-order valence-corrected chi connectivity index (χ3v) is 13.8. The highest BCUT2D eigenvalue weighted by molar-refractivity contribution is 7.01. The van der Waals surface area contributed by atoms with Crippen molar-refractivity contribution in [3.8, 4) is 33.5 Å². The summed E-state index contributed by atoms with van der Waals surface area (Å²) in [6.45, 7) is 7.02. The van der Waals surface area contributed by atoms with Crippen molar-refractivity contribution in [3.63, 3.8) is 0 Å². The largest absolute Gasteiger partial charge is 0.311 e. The standard InChI is InChI=1S/C58H44BN3/c1-4-39-32-33-41(40-19-7-5-8-20-40)37-45(39)43-23-11-13-28-49(43)61-51-30-17-25-46-55(51)59-56-47(58(46,3)42-21-9-6-10-22-42)26-18-31-52(56)62(54-36-38(2)35-53(61)57(54)59)50-29-14-12-24-44(50)48-27-15-16-34-60-48/h5-37H,4H2,1-3H3. The van der Waals surface area contributed by atoms with E-state index in [1.54, 1.807) is 0 Å². The van der Waals surface area contributed by atoms with Crippen molar-refractivity contribution in [2.45, 2.75) is 32.6 Å². The molecular formula is C58H44BN3. The topological polar surface area (TPSA) is 19.4 Å². The van der Waals surface area contributed by atoms with Crippen LogP contribution < -0.4 is 26.2 Å². The van der Waals surface area contributed by atoms with Gasteiger partial charge in [0.1, 0.15) is 0 Å². The number of pyridine rings is 1. The molecule has 3 aliphatic rings. The predicted octanol–water partition coefficient (Wildman–Crippen LogP) is 12.7. The number of para-hydroxylation sites is 2. The van der Waals surface area contributed by atoms with Gasteiger partial charge in [-0.15, -0.1) is 0 Å². The molecule has 0 fully saturated rings. The highest BCUT2D eigenvalue weighted by Crippen LogP contribution is 2.53. The molecule has 0 amide bonds. The van der Waals surface area contributed by atoms with Crippen LogP contribution in [-0.4, -0.2) is 11.7 Å². The molecule has 12 rings (SSSR count). The van der Waals surface area contributed by atoms with Gasteiger partial charge in [0.15, 0.2) is 0 Å². The van der Waals surface area contributed by atoms with Crippen LogP contribution in [0.1, 0.15) is 41.7 Å². The molecule has 0 bridgehead atoms. The molecule has 3 aliphatic heterocycles. The molecule has 294 valence electrons. The lowest BCUT2D eigenvalue weighted by Crippen LogP contribution is -2.67. The molecule has 1 aromatic heterocycles. The second kappa shape index (κ2) is 14.1. The zero-order valence-corrected chi connectivity index (χ0v) is 35.2. The van der Waals surface area contributed by atoms with Gasteiger partial charge < -0.3 is 9.80 Å². The van der Waals surface area contributed by atoms with Crippen LogP contribution in [0.5, 0.6) is 0 Å². The van der Waals surface area contributed by atoms with Crippen LogP contribution in [0, 0.1) is 6.92 Å². The Kier molecular flexibility index (Phi) is 8.27. The van der Waals surface area contributed by atoms with Crippen molar-refractivity contribution in [1.82, 2.24) is 4.98 Å². The highest BCUT2D eigenvalue weighted by Gasteiger charge is 2.53. The minimum absolute atomic E-state index is 0.0315. The highest BCUT2D eigenvalue weighted by atomic mass is 15.2. The summed E-state index contributed by atoms with van der Waals surface area (Å²) >= 11 is 0. The normalized spacial score (nSPS) is 15.4. The van der Waals surface area contributed by atoms with Crippen molar-refractivity contribution in [1.29, 1.82) is 0 Å². The van der Waals surface area contributed by atoms with E-state index < -0.39 is 5.41 Å². The van der Waals surface area contributed by atoms with Gasteiger partial charge in [0, 0.05) is 45.5 Å². The van der Waals surface area contributed by atoms with Crippen molar-refractivity contribution in [2.75, 3.05) is 9.80 Å². The fourth-order valence-corrected chi connectivity index (χ4v) is 11.1. The van der Waals surface area contributed by atoms with Crippen molar-refractivity contribution in [2.24, 2.45) is 0 Å². The Morgan fingerprint density at radius 1 is 0.468 bits per heavy atom. The number of benzene rings is 8. The first kappa shape index (κ1) is 36.4. The van der Waals surface area contributed by atoms with Crippen LogP contribution in [0.2, 0.25) is 0 Å². The first-order valence-corrected chi connectivity index (χ1v) is 21.9. The summed E-state index contributed by atoms with van der Waals surface area (Å²) in [6.07, 6.45) is 2.83. The number of aromatic nitrogens is 1. The molecule has 4 heteroatoms. The molecule has 62 heavy (non-hydrogen) atoms. The number of rotatable bonds is 7. The van der Waals surface area contributed by atoms with E-state index in [2.05, 4.69) is 219 Å². The lowest BCUT2D eigenvalue weighted by atomic mass is 9.28. The van der Waals surface area contributed by atoms with E-state index in [-0.39, 0.29) is 6.71 Å². The van der Waals surface area contributed by atoms with Crippen LogP contribution >= 0.6 is 0 Å². The quantitative estimate of drug-likeness (QED) is 0.150. The fourth-order valence-electron chi connectivity index (χ4n) is 11.1. The lowest BCUT2D eigenvalue weighted by Gasteiger charge is -2.51. The maximum absolute atomic E-state index is 4.91. The van der Waals surface area contributed by atoms with Gasteiger partial charge in [0.25, 0.3) is 6.71 Å². The van der Waals surface area contributed by atoms with E-state index in [0.29, 0.717) is 0 Å². The van der Waals surface area contributed by atoms with E-state index in [0.717, 1.165) is 23.4 Å². The smallest absolute Gasteiger partial charge is 0.252 e. The summed E-state index contributed by atoms with van der Waals surface area (Å²) in [5.74, 6) is 0. The lowest BCUT2D eigenvalue weighted by molar-refractivity contribution is 0.697. The third kappa shape index (κ3) is 5.23. The van der Waals surface area contributed by atoms with E-state index in [9.17, 15) is 0 Å². The summed E-state index contributed by atoms with van der Waals surface area (Å²) in [6, 6.07) is 72.1. The van der Waals surface area contributed by atoms with Crippen LogP contribution in [-0.2, 0) is 11.8 Å². The van der Waals surface area contributed by atoms with Gasteiger partial charge in [-0.05, 0) is 136 Å². The molecule has 8 aromatic carbocycles. The van der Waals surface area contributed by atoms with Crippen molar-refractivity contribution in [3.05, 3.63) is 228 Å². The van der Waals surface area contributed by atoms with Crippen LogP contribution in [0.25, 0.3) is 33.5 Å². The molecule has 3 nitrogen and oxygen atoms in total. The van der Waals surface area contributed by atoms with Gasteiger partial charge in [-0.1, -0.05) is 146 Å². The van der Waals surface area contributed by atoms with E-state index in [1.165, 1.54) is 94.9 Å². The molecule has 0 spiro atoms. The predicted molar refractivity (Wildman–Crippen MR) is 261 cm³/mol. The Hall–Kier alpha value is -7.43. The number of nitrogens with zero attached hydrogens (tertiary/aromatic N) is 3. The maximum atomic E-state index is 4.91. The van der Waals surface area contributed by atoms with E-state index in [1.807, 2.05) is 12.3 Å². The Morgan fingerprint density at radius 3 is 1.66 bits per heavy atom. The molecule has 1 unspecified atom stereocenters. The van der Waals surface area contributed by atoms with Gasteiger partial charge in [0.2, 0.25) is 0 Å². The van der Waals surface area contributed by atoms with Gasteiger partial charge in [-0.3, -0.25) is 4.98 Å². The molecule has 4 heterocycles. The molecule has 1 atom stereocenters. The number of hydrogen-bond donors (Lipinski definition) is 0. The summed E-state index contributed by atoms with van der Waals surface area (Å²) < 4.78 is 0. The SMILES string of the molecule is CCc1ccc(-c2ccccc2)cc1-c1ccccc1N1c2cc(C)cc3c2B2c4c(cccc4C(C)(c4ccccc4)c4cccc1c42)N3c1ccccc1-c1ccccn1. The minimum Gasteiger partial charge on any atom is -0.311 e. The first-order valence-electron chi connectivity index (χ1n) is 21.9. The summed E-state index contributed by atoms with van der Waals surface area (Å²) in [5.41, 5.74) is 24.4. The summed E-state index contributed by atoms with van der Waals surface area (Å²) in [7, 11) is 0. The van der Waals surface area contributed by atoms with Crippen LogP contribution in [0.3, 0.4) is 0 Å². The zero-order chi connectivity index (χ0) is 41.5. The molecule has 0 radical (unpaired) electrons.